The van der Waals surface area contributed by atoms with Gasteiger partial charge >= 0.3 is 6.61 Å². The minimum atomic E-state index is -3.75. The normalized spacial score (nSPS) is 19.7. The quantitative estimate of drug-likeness (QED) is 0.860. The molecule has 0 amide bonds. The van der Waals surface area contributed by atoms with Crippen molar-refractivity contribution < 1.29 is 21.9 Å². The minimum absolute atomic E-state index is 0.0836. The lowest BCUT2D eigenvalue weighted by Crippen LogP contribution is -2.45. The predicted molar refractivity (Wildman–Crippen MR) is 74.3 cm³/mol. The molecular formula is C12H15ClF2N2O3S. The standard InChI is InChI=1S/C12H15ClF2N2O3S/c13-10-6-9(3-4-11(10)20-12(14)15)21(18,19)17-8-2-1-5-16-7-8/h3-4,6,8,12,16-17H,1-2,5,7H2. The van der Waals surface area contributed by atoms with Crippen LogP contribution in [0, 0.1) is 0 Å². The summed E-state index contributed by atoms with van der Waals surface area (Å²) < 4.78 is 55.4. The summed E-state index contributed by atoms with van der Waals surface area (Å²) in [7, 11) is -3.75. The van der Waals surface area contributed by atoms with Crippen LogP contribution in [0.4, 0.5) is 8.78 Å². The zero-order chi connectivity index (χ0) is 15.5. The molecule has 0 saturated carbocycles. The van der Waals surface area contributed by atoms with E-state index in [1.54, 1.807) is 0 Å². The van der Waals surface area contributed by atoms with Crippen LogP contribution in [0.3, 0.4) is 0 Å². The Balaban J connectivity index is 2.14. The molecule has 1 aliphatic rings. The number of hydrogen-bond donors (Lipinski definition) is 2. The average Bonchev–Trinajstić information content (AvgIpc) is 2.41. The van der Waals surface area contributed by atoms with Crippen molar-refractivity contribution in [3.63, 3.8) is 0 Å². The molecule has 1 aliphatic heterocycles. The third kappa shape index (κ3) is 4.50. The highest BCUT2D eigenvalue weighted by molar-refractivity contribution is 7.89. The zero-order valence-corrected chi connectivity index (χ0v) is 12.6. The lowest BCUT2D eigenvalue weighted by Gasteiger charge is -2.23. The van der Waals surface area contributed by atoms with Crippen LogP contribution in [0.25, 0.3) is 0 Å². The van der Waals surface area contributed by atoms with Crippen LogP contribution in [-0.4, -0.2) is 34.2 Å². The van der Waals surface area contributed by atoms with E-state index in [4.69, 9.17) is 11.6 Å². The number of ether oxygens (including phenoxy) is 1. The smallest absolute Gasteiger partial charge is 0.387 e. The van der Waals surface area contributed by atoms with Crippen LogP contribution in [0.2, 0.25) is 5.02 Å². The van der Waals surface area contributed by atoms with Crippen molar-refractivity contribution >= 4 is 21.6 Å². The second-order valence-electron chi connectivity index (χ2n) is 4.64. The first-order valence-corrected chi connectivity index (χ1v) is 8.22. The fraction of sp³-hybridized carbons (Fsp3) is 0.500. The van der Waals surface area contributed by atoms with E-state index in [1.807, 2.05) is 0 Å². The van der Waals surface area contributed by atoms with Gasteiger partial charge in [0.25, 0.3) is 0 Å². The Labute approximate surface area is 126 Å². The SMILES string of the molecule is O=S(=O)(NC1CCCNC1)c1ccc(OC(F)F)c(Cl)c1. The molecular weight excluding hydrogens is 326 g/mol. The Bertz CT molecular complexity index is 592. The molecule has 2 N–H and O–H groups in total. The number of benzene rings is 1. The Morgan fingerprint density at radius 2 is 2.19 bits per heavy atom. The van der Waals surface area contributed by atoms with Gasteiger partial charge in [-0.05, 0) is 37.6 Å². The lowest BCUT2D eigenvalue weighted by molar-refractivity contribution is -0.0498. The summed E-state index contributed by atoms with van der Waals surface area (Å²) in [6.45, 7) is -1.60. The number of halogens is 3. The molecule has 0 radical (unpaired) electrons. The van der Waals surface area contributed by atoms with Gasteiger partial charge in [0.05, 0.1) is 9.92 Å². The van der Waals surface area contributed by atoms with Crippen molar-refractivity contribution in [1.29, 1.82) is 0 Å². The van der Waals surface area contributed by atoms with Crippen molar-refractivity contribution in [2.45, 2.75) is 30.4 Å². The Hall–Kier alpha value is -0.960. The van der Waals surface area contributed by atoms with Gasteiger partial charge in [0.15, 0.2) is 0 Å². The molecule has 21 heavy (non-hydrogen) atoms. The van der Waals surface area contributed by atoms with Crippen molar-refractivity contribution in [3.05, 3.63) is 23.2 Å². The van der Waals surface area contributed by atoms with Crippen LogP contribution in [0.5, 0.6) is 5.75 Å². The summed E-state index contributed by atoms with van der Waals surface area (Å²) in [4.78, 5) is -0.0836. The van der Waals surface area contributed by atoms with Gasteiger partial charge in [-0.2, -0.15) is 8.78 Å². The Morgan fingerprint density at radius 1 is 1.43 bits per heavy atom. The molecule has 0 spiro atoms. The molecule has 0 aliphatic carbocycles. The maximum atomic E-state index is 12.2. The van der Waals surface area contributed by atoms with Crippen LogP contribution >= 0.6 is 11.6 Å². The summed E-state index contributed by atoms with van der Waals surface area (Å²) in [6.07, 6.45) is 1.63. The molecule has 1 aromatic rings. The summed E-state index contributed by atoms with van der Waals surface area (Å²) in [5, 5.41) is 2.91. The fourth-order valence-electron chi connectivity index (χ4n) is 2.08. The van der Waals surface area contributed by atoms with Gasteiger partial charge in [-0.3, -0.25) is 0 Å². The fourth-order valence-corrected chi connectivity index (χ4v) is 3.67. The van der Waals surface area contributed by atoms with E-state index in [-0.39, 0.29) is 21.7 Å². The van der Waals surface area contributed by atoms with Gasteiger partial charge in [0, 0.05) is 12.6 Å². The highest BCUT2D eigenvalue weighted by Gasteiger charge is 2.22. The summed E-state index contributed by atoms with van der Waals surface area (Å²) in [5.74, 6) is -0.259. The molecule has 1 fully saturated rings. The molecule has 0 aromatic heterocycles. The van der Waals surface area contributed by atoms with E-state index in [1.165, 1.54) is 6.07 Å². The molecule has 1 saturated heterocycles. The van der Waals surface area contributed by atoms with Crippen molar-refractivity contribution in [1.82, 2.24) is 10.0 Å². The number of sulfonamides is 1. The molecule has 1 heterocycles. The van der Waals surface area contributed by atoms with E-state index in [0.717, 1.165) is 31.5 Å². The van der Waals surface area contributed by atoms with Crippen LogP contribution in [0.1, 0.15) is 12.8 Å². The zero-order valence-electron chi connectivity index (χ0n) is 11.0. The number of hydrogen-bond acceptors (Lipinski definition) is 4. The molecule has 9 heteroatoms. The second kappa shape index (κ2) is 6.87. The van der Waals surface area contributed by atoms with Crippen molar-refractivity contribution in [3.8, 4) is 5.75 Å². The maximum absolute atomic E-state index is 12.2. The first kappa shape index (κ1) is 16.4. The molecule has 5 nitrogen and oxygen atoms in total. The first-order valence-electron chi connectivity index (χ1n) is 6.36. The van der Waals surface area contributed by atoms with Crippen molar-refractivity contribution in [2.24, 2.45) is 0 Å². The third-order valence-electron chi connectivity index (χ3n) is 3.05. The van der Waals surface area contributed by atoms with Gasteiger partial charge in [0.1, 0.15) is 5.75 Å². The molecule has 2 rings (SSSR count). The van der Waals surface area contributed by atoms with Crippen LogP contribution in [-0.2, 0) is 10.0 Å². The van der Waals surface area contributed by atoms with Gasteiger partial charge < -0.3 is 10.1 Å². The van der Waals surface area contributed by atoms with Gasteiger partial charge in [-0.25, -0.2) is 13.1 Å². The molecule has 1 aromatic carbocycles. The van der Waals surface area contributed by atoms with E-state index >= 15 is 0 Å². The average molecular weight is 341 g/mol. The van der Waals surface area contributed by atoms with Gasteiger partial charge in [0.2, 0.25) is 10.0 Å². The molecule has 0 bridgehead atoms. The van der Waals surface area contributed by atoms with E-state index < -0.39 is 16.6 Å². The number of rotatable bonds is 5. The summed E-state index contributed by atoms with van der Waals surface area (Å²) >= 11 is 5.76. The third-order valence-corrected chi connectivity index (χ3v) is 4.86. The van der Waals surface area contributed by atoms with Crippen molar-refractivity contribution in [2.75, 3.05) is 13.1 Å². The predicted octanol–water partition coefficient (Wildman–Crippen LogP) is 1.97. The second-order valence-corrected chi connectivity index (χ2v) is 6.76. The molecule has 118 valence electrons. The van der Waals surface area contributed by atoms with E-state index in [9.17, 15) is 17.2 Å². The summed E-state index contributed by atoms with van der Waals surface area (Å²) in [5.41, 5.74) is 0. The topological polar surface area (TPSA) is 67.4 Å². The minimum Gasteiger partial charge on any atom is -0.433 e. The van der Waals surface area contributed by atoms with E-state index in [2.05, 4.69) is 14.8 Å². The van der Waals surface area contributed by atoms with Gasteiger partial charge in [-0.15, -0.1) is 0 Å². The molecule has 1 unspecified atom stereocenters. The largest absolute Gasteiger partial charge is 0.433 e. The highest BCUT2D eigenvalue weighted by Crippen LogP contribution is 2.28. The first-order chi connectivity index (χ1) is 9.88. The number of alkyl halides is 2. The monoisotopic (exact) mass is 340 g/mol. The van der Waals surface area contributed by atoms with Crippen LogP contribution in [0.15, 0.2) is 23.1 Å². The number of piperidine rings is 1. The molecule has 1 atom stereocenters. The van der Waals surface area contributed by atoms with Gasteiger partial charge in [-0.1, -0.05) is 11.6 Å². The Kier molecular flexibility index (Phi) is 5.37. The van der Waals surface area contributed by atoms with E-state index in [0.29, 0.717) is 6.54 Å². The number of nitrogens with one attached hydrogen (secondary N) is 2. The maximum Gasteiger partial charge on any atom is 0.387 e. The van der Waals surface area contributed by atoms with Crippen LogP contribution < -0.4 is 14.8 Å². The highest BCUT2D eigenvalue weighted by atomic mass is 35.5. The Morgan fingerprint density at radius 3 is 2.76 bits per heavy atom. The lowest BCUT2D eigenvalue weighted by atomic mass is 10.1. The summed E-state index contributed by atoms with van der Waals surface area (Å²) in [6, 6.07) is 3.20.